The predicted molar refractivity (Wildman–Crippen MR) is 113 cm³/mol. The summed E-state index contributed by atoms with van der Waals surface area (Å²) in [5.74, 6) is 1.86. The molecule has 0 aliphatic carbocycles. The molecule has 0 radical (unpaired) electrons. The van der Waals surface area contributed by atoms with E-state index in [2.05, 4.69) is 15.6 Å². The molecule has 160 valence electrons. The van der Waals surface area contributed by atoms with Crippen molar-refractivity contribution in [1.82, 2.24) is 10.3 Å². The number of ether oxygens (including phenoxy) is 2. The van der Waals surface area contributed by atoms with E-state index in [1.165, 1.54) is 6.92 Å². The Morgan fingerprint density at radius 2 is 2.07 bits per heavy atom. The number of carbonyl (C=O) groups is 2. The molecule has 3 rings (SSSR count). The first-order valence-corrected chi connectivity index (χ1v) is 9.83. The van der Waals surface area contributed by atoms with Gasteiger partial charge in [0.1, 0.15) is 30.5 Å². The van der Waals surface area contributed by atoms with Crippen molar-refractivity contribution in [3.63, 3.8) is 0 Å². The standard InChI is InChI=1S/C22H27N3O5/c1-13(2)9-22(4,25-21(27)28)12-30-16-5-6-17-18-8-20(24-14(3)26)23-10-15(18)11-29-19(17)7-16/h5-8,10,13,25H,9,11-12H2,1-4H3,(H,27,28)(H,23,24,26). The lowest BCUT2D eigenvalue weighted by atomic mass is 9.91. The summed E-state index contributed by atoms with van der Waals surface area (Å²) in [6, 6.07) is 7.35. The third-order valence-corrected chi connectivity index (χ3v) is 4.74. The predicted octanol–water partition coefficient (Wildman–Crippen LogP) is 4.05. The molecule has 1 unspecified atom stereocenters. The van der Waals surface area contributed by atoms with Crippen molar-refractivity contribution in [2.45, 2.75) is 46.3 Å². The lowest BCUT2D eigenvalue weighted by Gasteiger charge is -2.31. The fraction of sp³-hybridized carbons (Fsp3) is 0.409. The smallest absolute Gasteiger partial charge is 0.405 e. The topological polar surface area (TPSA) is 110 Å². The van der Waals surface area contributed by atoms with Gasteiger partial charge in [-0.1, -0.05) is 13.8 Å². The molecule has 3 N–H and O–H groups in total. The zero-order valence-corrected chi connectivity index (χ0v) is 17.6. The minimum atomic E-state index is -1.07. The summed E-state index contributed by atoms with van der Waals surface area (Å²) < 4.78 is 11.8. The molecule has 0 saturated heterocycles. The zero-order valence-electron chi connectivity index (χ0n) is 17.6. The molecule has 0 spiro atoms. The minimum Gasteiger partial charge on any atom is -0.491 e. The molecule has 8 heteroatoms. The van der Waals surface area contributed by atoms with E-state index in [1.54, 1.807) is 12.3 Å². The molecule has 2 amide bonds. The number of fused-ring (bicyclic) bond motifs is 3. The maximum atomic E-state index is 11.3. The number of anilines is 1. The number of pyridine rings is 1. The lowest BCUT2D eigenvalue weighted by Crippen LogP contribution is -2.50. The highest BCUT2D eigenvalue weighted by atomic mass is 16.5. The van der Waals surface area contributed by atoms with Gasteiger partial charge in [0.15, 0.2) is 0 Å². The Kier molecular flexibility index (Phi) is 6.14. The van der Waals surface area contributed by atoms with E-state index in [4.69, 9.17) is 14.6 Å². The first-order valence-electron chi connectivity index (χ1n) is 9.83. The summed E-state index contributed by atoms with van der Waals surface area (Å²) >= 11 is 0. The molecular weight excluding hydrogens is 386 g/mol. The Balaban J connectivity index is 1.80. The van der Waals surface area contributed by atoms with E-state index in [0.717, 1.165) is 16.7 Å². The van der Waals surface area contributed by atoms with Gasteiger partial charge in [-0.2, -0.15) is 0 Å². The summed E-state index contributed by atoms with van der Waals surface area (Å²) in [7, 11) is 0. The highest BCUT2D eigenvalue weighted by molar-refractivity contribution is 5.89. The van der Waals surface area contributed by atoms with Crippen LogP contribution in [0.1, 0.15) is 39.7 Å². The van der Waals surface area contributed by atoms with Crippen molar-refractivity contribution in [2.24, 2.45) is 5.92 Å². The molecule has 0 saturated carbocycles. The molecule has 30 heavy (non-hydrogen) atoms. The monoisotopic (exact) mass is 413 g/mol. The van der Waals surface area contributed by atoms with Crippen LogP contribution in [0.3, 0.4) is 0 Å². The number of carboxylic acid groups (broad SMARTS) is 1. The van der Waals surface area contributed by atoms with E-state index < -0.39 is 11.6 Å². The Bertz CT molecular complexity index is 960. The maximum Gasteiger partial charge on any atom is 0.405 e. The van der Waals surface area contributed by atoms with Gasteiger partial charge in [0.2, 0.25) is 5.91 Å². The summed E-state index contributed by atoms with van der Waals surface area (Å²) in [6.45, 7) is 7.91. The Labute approximate surface area is 175 Å². The number of nitrogens with zero attached hydrogens (tertiary/aromatic N) is 1. The summed E-state index contributed by atoms with van der Waals surface area (Å²) in [5, 5.41) is 14.4. The highest BCUT2D eigenvalue weighted by Crippen LogP contribution is 2.40. The molecule has 8 nitrogen and oxygen atoms in total. The third kappa shape index (κ3) is 5.20. The molecule has 1 atom stereocenters. The SMILES string of the molecule is CC(=O)Nc1cc2c(cn1)COc1cc(OCC(C)(CC(C)C)NC(=O)O)ccc1-2. The second-order valence-electron chi connectivity index (χ2n) is 8.23. The number of carbonyl (C=O) groups excluding carboxylic acids is 1. The van der Waals surface area contributed by atoms with E-state index in [9.17, 15) is 9.59 Å². The Morgan fingerprint density at radius 3 is 2.73 bits per heavy atom. The van der Waals surface area contributed by atoms with Crippen LogP contribution in [0.2, 0.25) is 0 Å². The second-order valence-corrected chi connectivity index (χ2v) is 8.23. The van der Waals surface area contributed by atoms with Crippen LogP contribution in [-0.2, 0) is 11.4 Å². The number of benzene rings is 1. The lowest BCUT2D eigenvalue weighted by molar-refractivity contribution is -0.114. The van der Waals surface area contributed by atoms with Crippen molar-refractivity contribution in [3.05, 3.63) is 36.0 Å². The maximum absolute atomic E-state index is 11.3. The van der Waals surface area contributed by atoms with Crippen molar-refractivity contribution >= 4 is 17.8 Å². The number of aromatic nitrogens is 1. The normalized spacial score (nSPS) is 14.0. The van der Waals surface area contributed by atoms with E-state index >= 15 is 0 Å². The molecule has 2 aromatic rings. The van der Waals surface area contributed by atoms with Gasteiger partial charge in [-0.05, 0) is 43.0 Å². The highest BCUT2D eigenvalue weighted by Gasteiger charge is 2.29. The summed E-state index contributed by atoms with van der Waals surface area (Å²) in [6.07, 6.45) is 1.27. The quantitative estimate of drug-likeness (QED) is 0.632. The van der Waals surface area contributed by atoms with Crippen LogP contribution in [0.15, 0.2) is 30.5 Å². The molecule has 0 bridgehead atoms. The van der Waals surface area contributed by atoms with Gasteiger partial charge in [0, 0.05) is 30.3 Å². The molecular formula is C22H27N3O5. The molecule has 1 aliphatic rings. The summed E-state index contributed by atoms with van der Waals surface area (Å²) in [4.78, 5) is 26.8. The Hall–Kier alpha value is -3.29. The second kappa shape index (κ2) is 8.61. The van der Waals surface area contributed by atoms with Gasteiger partial charge in [-0.25, -0.2) is 9.78 Å². The van der Waals surface area contributed by atoms with E-state index in [1.807, 2.05) is 39.0 Å². The zero-order chi connectivity index (χ0) is 21.9. The number of rotatable bonds is 7. The molecule has 0 fully saturated rings. The number of hydrogen-bond donors (Lipinski definition) is 3. The van der Waals surface area contributed by atoms with Crippen molar-refractivity contribution in [1.29, 1.82) is 0 Å². The van der Waals surface area contributed by atoms with Gasteiger partial charge in [-0.15, -0.1) is 0 Å². The average Bonchev–Trinajstić information content (AvgIpc) is 2.64. The van der Waals surface area contributed by atoms with Gasteiger partial charge >= 0.3 is 6.09 Å². The van der Waals surface area contributed by atoms with Crippen LogP contribution >= 0.6 is 0 Å². The molecule has 1 aliphatic heterocycles. The van der Waals surface area contributed by atoms with Crippen molar-refractivity contribution in [3.8, 4) is 22.6 Å². The van der Waals surface area contributed by atoms with Gasteiger partial charge in [-0.3, -0.25) is 4.79 Å². The van der Waals surface area contributed by atoms with Crippen molar-refractivity contribution < 1.29 is 24.2 Å². The largest absolute Gasteiger partial charge is 0.491 e. The molecule has 1 aromatic carbocycles. The number of hydrogen-bond acceptors (Lipinski definition) is 5. The number of nitrogens with one attached hydrogen (secondary N) is 2. The van der Waals surface area contributed by atoms with E-state index in [0.29, 0.717) is 36.3 Å². The molecule has 1 aromatic heterocycles. The first kappa shape index (κ1) is 21.4. The minimum absolute atomic E-state index is 0.183. The first-order chi connectivity index (χ1) is 14.1. The fourth-order valence-corrected chi connectivity index (χ4v) is 3.74. The van der Waals surface area contributed by atoms with Crippen LogP contribution in [0.4, 0.5) is 10.6 Å². The van der Waals surface area contributed by atoms with Crippen LogP contribution in [-0.4, -0.2) is 34.2 Å². The van der Waals surface area contributed by atoms with Crippen LogP contribution in [0, 0.1) is 5.92 Å². The third-order valence-electron chi connectivity index (χ3n) is 4.74. The van der Waals surface area contributed by atoms with Gasteiger partial charge in [0.05, 0.1) is 5.54 Å². The van der Waals surface area contributed by atoms with Crippen LogP contribution in [0.5, 0.6) is 11.5 Å². The van der Waals surface area contributed by atoms with Gasteiger partial charge in [0.25, 0.3) is 0 Å². The average molecular weight is 413 g/mol. The number of amides is 2. The van der Waals surface area contributed by atoms with Crippen LogP contribution in [0.25, 0.3) is 11.1 Å². The Morgan fingerprint density at radius 1 is 1.30 bits per heavy atom. The summed E-state index contributed by atoms with van der Waals surface area (Å²) in [5.41, 5.74) is 2.05. The van der Waals surface area contributed by atoms with Crippen molar-refractivity contribution in [2.75, 3.05) is 11.9 Å². The molecule has 2 heterocycles. The fourth-order valence-electron chi connectivity index (χ4n) is 3.74. The van der Waals surface area contributed by atoms with Gasteiger partial charge < -0.3 is 25.2 Å². The van der Waals surface area contributed by atoms with Crippen LogP contribution < -0.4 is 20.1 Å². The van der Waals surface area contributed by atoms with E-state index in [-0.39, 0.29) is 12.5 Å².